The lowest BCUT2D eigenvalue weighted by Gasteiger charge is -2.16. The average molecular weight is 546 g/mol. The van der Waals surface area contributed by atoms with Crippen LogP contribution in [0.4, 0.5) is 0 Å². The van der Waals surface area contributed by atoms with Gasteiger partial charge in [-0.2, -0.15) is 0 Å². The van der Waals surface area contributed by atoms with E-state index in [0.29, 0.717) is 0 Å². The molecule has 43 heavy (non-hydrogen) atoms. The standard InChI is InChI=1S/C40H23N3/c1-2-11-26(12-3-1)38-40(41-32-23-22-24-10-4-5-15-27(24)39(32)42-38)43-33-20-8-18-30-28-16-6-13-25-14-7-17-29(35(25)28)31-19-9-21-34(43)37(31)36(30)33/h1-23H. The molecule has 2 aromatic heterocycles. The Morgan fingerprint density at radius 1 is 0.419 bits per heavy atom. The van der Waals surface area contributed by atoms with E-state index in [1.165, 1.54) is 43.8 Å². The summed E-state index contributed by atoms with van der Waals surface area (Å²) in [7, 11) is 0. The summed E-state index contributed by atoms with van der Waals surface area (Å²) in [5, 5.41) is 7.38. The van der Waals surface area contributed by atoms with Crippen molar-refractivity contribution in [3.63, 3.8) is 0 Å². The summed E-state index contributed by atoms with van der Waals surface area (Å²) in [6, 6.07) is 49.9. The fourth-order valence-corrected chi connectivity index (χ4v) is 7.30. The molecule has 0 aliphatic heterocycles. The van der Waals surface area contributed by atoms with Gasteiger partial charge in [0.1, 0.15) is 5.69 Å². The van der Waals surface area contributed by atoms with Gasteiger partial charge in [0.15, 0.2) is 5.82 Å². The molecule has 0 fully saturated rings. The predicted octanol–water partition coefficient (Wildman–Crippen LogP) is 10.3. The van der Waals surface area contributed by atoms with Gasteiger partial charge in [-0.3, -0.25) is 4.57 Å². The Hall–Kier alpha value is -5.80. The number of benzene rings is 7. The first-order chi connectivity index (χ1) is 21.3. The van der Waals surface area contributed by atoms with E-state index >= 15 is 0 Å². The molecule has 0 unspecified atom stereocenters. The highest BCUT2D eigenvalue weighted by atomic mass is 15.1. The van der Waals surface area contributed by atoms with Crippen LogP contribution in [-0.2, 0) is 0 Å². The summed E-state index contributed by atoms with van der Waals surface area (Å²) in [6.07, 6.45) is 0. The molecule has 0 saturated heterocycles. The summed E-state index contributed by atoms with van der Waals surface area (Å²) >= 11 is 0. The molecular formula is C40H23N3. The Bertz CT molecular complexity index is 2520. The predicted molar refractivity (Wildman–Crippen MR) is 179 cm³/mol. The summed E-state index contributed by atoms with van der Waals surface area (Å²) < 4.78 is 2.34. The second-order valence-electron chi connectivity index (χ2n) is 11.4. The Morgan fingerprint density at radius 2 is 1.00 bits per heavy atom. The Morgan fingerprint density at radius 3 is 1.70 bits per heavy atom. The molecule has 1 aliphatic rings. The molecule has 0 atom stereocenters. The molecule has 7 aromatic carbocycles. The minimum atomic E-state index is 0.843. The molecule has 9 aromatic rings. The highest BCUT2D eigenvalue weighted by Gasteiger charge is 2.26. The largest absolute Gasteiger partial charge is 0.292 e. The van der Waals surface area contributed by atoms with Gasteiger partial charge in [-0.1, -0.05) is 121 Å². The van der Waals surface area contributed by atoms with Gasteiger partial charge < -0.3 is 0 Å². The monoisotopic (exact) mass is 545 g/mol. The molecule has 198 valence electrons. The molecule has 0 bridgehead atoms. The van der Waals surface area contributed by atoms with Gasteiger partial charge in [-0.05, 0) is 56.6 Å². The molecule has 0 N–H and O–H groups in total. The van der Waals surface area contributed by atoms with E-state index in [0.717, 1.165) is 49.9 Å². The maximum absolute atomic E-state index is 5.43. The van der Waals surface area contributed by atoms with Crippen LogP contribution in [0.2, 0.25) is 0 Å². The second-order valence-corrected chi connectivity index (χ2v) is 11.4. The Balaban J connectivity index is 1.40. The van der Waals surface area contributed by atoms with E-state index in [4.69, 9.17) is 9.97 Å². The second kappa shape index (κ2) is 8.37. The van der Waals surface area contributed by atoms with E-state index < -0.39 is 0 Å². The van der Waals surface area contributed by atoms with Crippen LogP contribution in [0.25, 0.3) is 93.7 Å². The third-order valence-electron chi connectivity index (χ3n) is 9.10. The number of hydrogen-bond donors (Lipinski definition) is 0. The fourth-order valence-electron chi connectivity index (χ4n) is 7.30. The first-order valence-corrected chi connectivity index (χ1v) is 14.7. The van der Waals surface area contributed by atoms with Gasteiger partial charge >= 0.3 is 0 Å². The molecule has 0 spiro atoms. The zero-order chi connectivity index (χ0) is 28.1. The first kappa shape index (κ1) is 22.8. The minimum Gasteiger partial charge on any atom is -0.292 e. The first-order valence-electron chi connectivity index (χ1n) is 14.7. The maximum Gasteiger partial charge on any atom is 0.165 e. The van der Waals surface area contributed by atoms with Gasteiger partial charge in [0.25, 0.3) is 0 Å². The quantitative estimate of drug-likeness (QED) is 0.202. The van der Waals surface area contributed by atoms with E-state index in [1.807, 2.05) is 0 Å². The van der Waals surface area contributed by atoms with Crippen molar-refractivity contribution in [3.05, 3.63) is 140 Å². The molecule has 0 amide bonds. The van der Waals surface area contributed by atoms with Crippen molar-refractivity contribution in [2.75, 3.05) is 0 Å². The van der Waals surface area contributed by atoms with Gasteiger partial charge in [0.2, 0.25) is 0 Å². The molecule has 0 saturated carbocycles. The van der Waals surface area contributed by atoms with E-state index in [-0.39, 0.29) is 0 Å². The summed E-state index contributed by atoms with van der Waals surface area (Å²) in [5.74, 6) is 0.843. The lowest BCUT2D eigenvalue weighted by Crippen LogP contribution is -2.04. The molecular weight excluding hydrogens is 522 g/mol. The van der Waals surface area contributed by atoms with Crippen LogP contribution in [0.15, 0.2) is 140 Å². The van der Waals surface area contributed by atoms with Crippen molar-refractivity contribution < 1.29 is 0 Å². The number of hydrogen-bond acceptors (Lipinski definition) is 2. The topological polar surface area (TPSA) is 30.7 Å². The minimum absolute atomic E-state index is 0.843. The summed E-state index contributed by atoms with van der Waals surface area (Å²) in [5.41, 5.74) is 11.1. The van der Waals surface area contributed by atoms with Gasteiger partial charge in [0, 0.05) is 21.7 Å². The van der Waals surface area contributed by atoms with Crippen molar-refractivity contribution in [1.29, 1.82) is 0 Å². The molecule has 0 radical (unpaired) electrons. The van der Waals surface area contributed by atoms with Crippen LogP contribution < -0.4 is 0 Å². The number of fused-ring (bicyclic) bond motifs is 5. The van der Waals surface area contributed by atoms with Crippen molar-refractivity contribution in [2.45, 2.75) is 0 Å². The Labute approximate surface area is 247 Å². The van der Waals surface area contributed by atoms with Crippen molar-refractivity contribution in [1.82, 2.24) is 14.5 Å². The van der Waals surface area contributed by atoms with Crippen LogP contribution in [0.1, 0.15) is 0 Å². The fraction of sp³-hybridized carbons (Fsp3) is 0. The molecule has 1 aliphatic carbocycles. The SMILES string of the molecule is c1ccc(-c2nc3c(ccc4ccccc43)nc2-n2c3cccc4c3c3c(cccc32)-c2cccc3cccc-4c23)cc1. The number of nitrogens with zero attached hydrogens (tertiary/aromatic N) is 3. The van der Waals surface area contributed by atoms with Crippen molar-refractivity contribution >= 4 is 54.4 Å². The Kier molecular flexibility index (Phi) is 4.45. The smallest absolute Gasteiger partial charge is 0.165 e. The normalized spacial score (nSPS) is 12.2. The number of aromatic nitrogens is 3. The van der Waals surface area contributed by atoms with Crippen LogP contribution >= 0.6 is 0 Å². The van der Waals surface area contributed by atoms with Gasteiger partial charge in [-0.15, -0.1) is 0 Å². The van der Waals surface area contributed by atoms with Crippen LogP contribution in [0.3, 0.4) is 0 Å². The summed E-state index contributed by atoms with van der Waals surface area (Å²) in [6.45, 7) is 0. The van der Waals surface area contributed by atoms with E-state index in [2.05, 4.69) is 144 Å². The molecule has 3 nitrogen and oxygen atoms in total. The summed E-state index contributed by atoms with van der Waals surface area (Å²) in [4.78, 5) is 10.8. The zero-order valence-electron chi connectivity index (χ0n) is 23.1. The lowest BCUT2D eigenvalue weighted by atomic mass is 9.93. The van der Waals surface area contributed by atoms with E-state index in [9.17, 15) is 0 Å². The van der Waals surface area contributed by atoms with Gasteiger partial charge in [-0.25, -0.2) is 9.97 Å². The highest BCUT2D eigenvalue weighted by Crippen LogP contribution is 2.49. The third-order valence-corrected chi connectivity index (χ3v) is 9.10. The lowest BCUT2D eigenvalue weighted by molar-refractivity contribution is 1.08. The molecule has 2 heterocycles. The van der Waals surface area contributed by atoms with Crippen molar-refractivity contribution in [3.8, 4) is 39.3 Å². The molecule has 3 heteroatoms. The maximum atomic E-state index is 5.43. The van der Waals surface area contributed by atoms with Crippen LogP contribution in [-0.4, -0.2) is 14.5 Å². The van der Waals surface area contributed by atoms with Crippen LogP contribution in [0, 0.1) is 0 Å². The highest BCUT2D eigenvalue weighted by molar-refractivity contribution is 6.27. The third kappa shape index (κ3) is 3.03. The van der Waals surface area contributed by atoms with Crippen LogP contribution in [0.5, 0.6) is 0 Å². The molecule has 10 rings (SSSR count). The van der Waals surface area contributed by atoms with Crippen molar-refractivity contribution in [2.24, 2.45) is 0 Å². The zero-order valence-corrected chi connectivity index (χ0v) is 23.1. The van der Waals surface area contributed by atoms with E-state index in [1.54, 1.807) is 0 Å². The van der Waals surface area contributed by atoms with Gasteiger partial charge in [0.05, 0.1) is 22.1 Å². The average Bonchev–Trinajstić information content (AvgIpc) is 3.36. The number of rotatable bonds is 2.